The van der Waals surface area contributed by atoms with Crippen molar-refractivity contribution in [2.24, 2.45) is 11.1 Å². The van der Waals surface area contributed by atoms with Crippen LogP contribution in [0.25, 0.3) is 0 Å². The lowest BCUT2D eigenvalue weighted by Gasteiger charge is -2.40. The van der Waals surface area contributed by atoms with Crippen molar-refractivity contribution >= 4 is 0 Å². The Hall–Kier alpha value is -0.340. The Bertz CT molecular complexity index is 227. The number of nitrogens with two attached hydrogens (primary N) is 1. The van der Waals surface area contributed by atoms with Gasteiger partial charge in [-0.25, -0.2) is 0 Å². The van der Waals surface area contributed by atoms with Crippen molar-refractivity contribution < 1.29 is 0 Å². The minimum Gasteiger partial charge on any atom is -0.330 e. The highest BCUT2D eigenvalue weighted by Gasteiger charge is 2.37. The number of hydrogen-bond donors (Lipinski definition) is 1. The molecule has 0 aromatic carbocycles. The van der Waals surface area contributed by atoms with E-state index in [1.165, 1.54) is 51.5 Å². The van der Waals surface area contributed by atoms with Gasteiger partial charge in [0.25, 0.3) is 0 Å². The second-order valence-electron chi connectivity index (χ2n) is 5.71. The molecule has 16 heavy (non-hydrogen) atoms. The van der Waals surface area contributed by atoms with Gasteiger partial charge >= 0.3 is 0 Å². The van der Waals surface area contributed by atoms with Crippen molar-refractivity contribution in [1.82, 2.24) is 4.90 Å². The Balaban J connectivity index is 1.94. The molecule has 2 rings (SSSR count). The second kappa shape index (κ2) is 5.33. The van der Waals surface area contributed by atoms with Crippen molar-refractivity contribution in [3.8, 4) is 0 Å². The lowest BCUT2D eigenvalue weighted by atomic mass is 9.73. The standard InChI is InChI=1S/C14H26N2/c1-2-10-16(13-6-7-13)12-14(11-15)8-4-3-5-9-14/h2,13H,1,3-12,15H2. The molecule has 0 heterocycles. The Morgan fingerprint density at radius 1 is 1.25 bits per heavy atom. The summed E-state index contributed by atoms with van der Waals surface area (Å²) in [7, 11) is 0. The first-order valence-corrected chi connectivity index (χ1v) is 6.85. The molecule has 2 fully saturated rings. The monoisotopic (exact) mass is 222 g/mol. The van der Waals surface area contributed by atoms with Crippen LogP contribution >= 0.6 is 0 Å². The van der Waals surface area contributed by atoms with Crippen LogP contribution in [-0.2, 0) is 0 Å². The fourth-order valence-electron chi connectivity index (χ4n) is 3.11. The predicted octanol–water partition coefficient (Wildman–Crippen LogP) is 2.55. The lowest BCUT2D eigenvalue weighted by molar-refractivity contribution is 0.114. The van der Waals surface area contributed by atoms with Gasteiger partial charge < -0.3 is 5.73 Å². The Labute approximate surface area is 99.9 Å². The molecule has 2 aliphatic rings. The zero-order valence-electron chi connectivity index (χ0n) is 10.5. The van der Waals surface area contributed by atoms with Gasteiger partial charge in [0.2, 0.25) is 0 Å². The van der Waals surface area contributed by atoms with E-state index in [0.29, 0.717) is 5.41 Å². The fraction of sp³-hybridized carbons (Fsp3) is 0.857. The summed E-state index contributed by atoms with van der Waals surface area (Å²) in [5, 5.41) is 0. The largest absolute Gasteiger partial charge is 0.330 e. The van der Waals surface area contributed by atoms with E-state index in [4.69, 9.17) is 5.73 Å². The molecule has 2 aliphatic carbocycles. The first-order valence-electron chi connectivity index (χ1n) is 6.85. The normalized spacial score (nSPS) is 24.6. The van der Waals surface area contributed by atoms with Crippen LogP contribution in [0.5, 0.6) is 0 Å². The molecule has 0 saturated heterocycles. The van der Waals surface area contributed by atoms with Crippen molar-refractivity contribution in [2.45, 2.75) is 51.0 Å². The maximum absolute atomic E-state index is 6.05. The van der Waals surface area contributed by atoms with Crippen LogP contribution in [0.1, 0.15) is 44.9 Å². The van der Waals surface area contributed by atoms with Gasteiger partial charge in [0, 0.05) is 19.1 Å². The molecule has 0 aliphatic heterocycles. The van der Waals surface area contributed by atoms with Crippen molar-refractivity contribution in [3.63, 3.8) is 0 Å². The summed E-state index contributed by atoms with van der Waals surface area (Å²) in [5.41, 5.74) is 6.47. The maximum atomic E-state index is 6.05. The smallest absolute Gasteiger partial charge is 0.0163 e. The molecule has 2 N–H and O–H groups in total. The topological polar surface area (TPSA) is 29.3 Å². The van der Waals surface area contributed by atoms with Gasteiger partial charge in [0.1, 0.15) is 0 Å². The van der Waals surface area contributed by atoms with Gasteiger partial charge in [-0.2, -0.15) is 0 Å². The second-order valence-corrected chi connectivity index (χ2v) is 5.71. The molecule has 92 valence electrons. The van der Waals surface area contributed by atoms with Crippen LogP contribution in [0.4, 0.5) is 0 Å². The minimum absolute atomic E-state index is 0.420. The highest BCUT2D eigenvalue weighted by molar-refractivity contribution is 4.94. The van der Waals surface area contributed by atoms with Crippen LogP contribution in [0, 0.1) is 5.41 Å². The van der Waals surface area contributed by atoms with Gasteiger partial charge in [-0.1, -0.05) is 25.3 Å². The van der Waals surface area contributed by atoms with E-state index in [0.717, 1.165) is 19.1 Å². The molecule has 0 atom stereocenters. The molecule has 2 heteroatoms. The van der Waals surface area contributed by atoms with Crippen molar-refractivity contribution in [3.05, 3.63) is 12.7 Å². The van der Waals surface area contributed by atoms with Crippen molar-refractivity contribution in [1.29, 1.82) is 0 Å². The zero-order valence-corrected chi connectivity index (χ0v) is 10.5. The summed E-state index contributed by atoms with van der Waals surface area (Å²) in [4.78, 5) is 2.62. The van der Waals surface area contributed by atoms with Crippen LogP contribution in [0.15, 0.2) is 12.7 Å². The summed E-state index contributed by atoms with van der Waals surface area (Å²) in [6, 6.07) is 0.836. The summed E-state index contributed by atoms with van der Waals surface area (Å²) < 4.78 is 0. The third-order valence-electron chi connectivity index (χ3n) is 4.31. The van der Waals surface area contributed by atoms with Crippen LogP contribution in [-0.4, -0.2) is 30.6 Å². The summed E-state index contributed by atoms with van der Waals surface area (Å²) in [6.07, 6.45) is 11.7. The highest BCUT2D eigenvalue weighted by atomic mass is 15.2. The van der Waals surface area contributed by atoms with E-state index >= 15 is 0 Å². The molecule has 2 nitrogen and oxygen atoms in total. The quantitative estimate of drug-likeness (QED) is 0.700. The molecule has 0 unspecified atom stereocenters. The van der Waals surface area contributed by atoms with Gasteiger partial charge in [-0.3, -0.25) is 4.90 Å². The van der Waals surface area contributed by atoms with Crippen LogP contribution in [0.2, 0.25) is 0 Å². The predicted molar refractivity (Wildman–Crippen MR) is 69.4 cm³/mol. The molecule has 2 saturated carbocycles. The van der Waals surface area contributed by atoms with E-state index in [-0.39, 0.29) is 0 Å². The van der Waals surface area contributed by atoms with E-state index in [9.17, 15) is 0 Å². The minimum atomic E-state index is 0.420. The van der Waals surface area contributed by atoms with Gasteiger partial charge in [-0.15, -0.1) is 6.58 Å². The molecule has 0 amide bonds. The number of rotatable bonds is 6. The van der Waals surface area contributed by atoms with Crippen LogP contribution in [0.3, 0.4) is 0 Å². The van der Waals surface area contributed by atoms with Gasteiger partial charge in [-0.05, 0) is 37.6 Å². The molecule has 0 aromatic heterocycles. The Morgan fingerprint density at radius 2 is 1.94 bits per heavy atom. The molecule has 0 radical (unpaired) electrons. The van der Waals surface area contributed by atoms with E-state index < -0.39 is 0 Å². The molecular formula is C14H26N2. The molecular weight excluding hydrogens is 196 g/mol. The van der Waals surface area contributed by atoms with E-state index in [1.54, 1.807) is 0 Å². The maximum Gasteiger partial charge on any atom is 0.0163 e. The summed E-state index contributed by atoms with van der Waals surface area (Å²) in [6.45, 7) is 7.00. The lowest BCUT2D eigenvalue weighted by Crippen LogP contribution is -2.44. The van der Waals surface area contributed by atoms with E-state index in [1.807, 2.05) is 6.08 Å². The molecule has 0 aromatic rings. The average Bonchev–Trinajstić information content (AvgIpc) is 3.14. The highest BCUT2D eigenvalue weighted by Crippen LogP contribution is 2.38. The molecule has 0 spiro atoms. The summed E-state index contributed by atoms with van der Waals surface area (Å²) in [5.74, 6) is 0. The number of nitrogens with zero attached hydrogens (tertiary/aromatic N) is 1. The van der Waals surface area contributed by atoms with Crippen LogP contribution < -0.4 is 5.73 Å². The zero-order chi connectivity index (χ0) is 11.4. The third kappa shape index (κ3) is 2.86. The Kier molecular flexibility index (Phi) is 4.04. The van der Waals surface area contributed by atoms with Gasteiger partial charge in [0.05, 0.1) is 0 Å². The first kappa shape index (κ1) is 12.1. The number of hydrogen-bond acceptors (Lipinski definition) is 2. The van der Waals surface area contributed by atoms with Gasteiger partial charge in [0.15, 0.2) is 0 Å². The Morgan fingerprint density at radius 3 is 2.44 bits per heavy atom. The molecule has 0 bridgehead atoms. The van der Waals surface area contributed by atoms with Crippen molar-refractivity contribution in [2.75, 3.05) is 19.6 Å². The average molecular weight is 222 g/mol. The fourth-order valence-corrected chi connectivity index (χ4v) is 3.11. The first-order chi connectivity index (χ1) is 7.79. The summed E-state index contributed by atoms with van der Waals surface area (Å²) >= 11 is 0. The van der Waals surface area contributed by atoms with E-state index in [2.05, 4.69) is 11.5 Å². The SMILES string of the molecule is C=CCN(CC1(CN)CCCCC1)C1CC1. The third-order valence-corrected chi connectivity index (χ3v) is 4.31.